The van der Waals surface area contributed by atoms with Crippen LogP contribution >= 0.6 is 0 Å². The van der Waals surface area contributed by atoms with Gasteiger partial charge >= 0.3 is 6.09 Å². The molecule has 5 nitrogen and oxygen atoms in total. The van der Waals surface area contributed by atoms with E-state index in [1.165, 1.54) is 12.8 Å². The molecule has 122 valence electrons. The van der Waals surface area contributed by atoms with Crippen molar-refractivity contribution >= 4 is 12.0 Å². The number of alkyl carbamates (subject to hydrolysis) is 1. The molecule has 0 saturated carbocycles. The largest absolute Gasteiger partial charge is 0.444 e. The zero-order chi connectivity index (χ0) is 16.0. The molecule has 1 N–H and O–H groups in total. The fourth-order valence-corrected chi connectivity index (χ4v) is 2.69. The van der Waals surface area contributed by atoms with E-state index in [2.05, 4.69) is 12.2 Å². The van der Waals surface area contributed by atoms with Crippen LogP contribution in [0.3, 0.4) is 0 Å². The van der Waals surface area contributed by atoms with E-state index in [0.29, 0.717) is 6.04 Å². The van der Waals surface area contributed by atoms with Crippen LogP contribution in [0.2, 0.25) is 0 Å². The average molecular weight is 298 g/mol. The number of carbonyl (C=O) groups excluding carboxylic acids is 2. The topological polar surface area (TPSA) is 58.6 Å². The van der Waals surface area contributed by atoms with E-state index in [9.17, 15) is 9.59 Å². The van der Waals surface area contributed by atoms with Crippen molar-refractivity contribution in [3.05, 3.63) is 0 Å². The van der Waals surface area contributed by atoms with Crippen LogP contribution in [0, 0.1) is 0 Å². The van der Waals surface area contributed by atoms with Crippen LogP contribution in [-0.4, -0.2) is 41.1 Å². The van der Waals surface area contributed by atoms with E-state index < -0.39 is 17.7 Å². The molecule has 2 atom stereocenters. The highest BCUT2D eigenvalue weighted by Crippen LogP contribution is 2.20. The van der Waals surface area contributed by atoms with E-state index in [1.807, 2.05) is 4.90 Å². The highest BCUT2D eigenvalue weighted by Gasteiger charge is 2.29. The summed E-state index contributed by atoms with van der Waals surface area (Å²) in [5.41, 5.74) is -0.554. The van der Waals surface area contributed by atoms with Crippen LogP contribution in [0.1, 0.15) is 66.7 Å². The second kappa shape index (κ2) is 7.66. The van der Waals surface area contributed by atoms with Crippen LogP contribution in [0.5, 0.6) is 0 Å². The fourth-order valence-electron chi connectivity index (χ4n) is 2.69. The Kier molecular flexibility index (Phi) is 6.49. The zero-order valence-electron chi connectivity index (χ0n) is 14.1. The maximum Gasteiger partial charge on any atom is 0.408 e. The summed E-state index contributed by atoms with van der Waals surface area (Å²) >= 11 is 0. The molecule has 21 heavy (non-hydrogen) atoms. The van der Waals surface area contributed by atoms with Gasteiger partial charge in [-0.15, -0.1) is 0 Å². The molecule has 0 aromatic heterocycles. The summed E-state index contributed by atoms with van der Waals surface area (Å²) in [4.78, 5) is 26.3. The number of rotatable bonds is 3. The van der Waals surface area contributed by atoms with Crippen molar-refractivity contribution in [1.82, 2.24) is 10.2 Å². The first-order chi connectivity index (χ1) is 9.74. The van der Waals surface area contributed by atoms with E-state index in [4.69, 9.17) is 4.74 Å². The Hall–Kier alpha value is -1.26. The van der Waals surface area contributed by atoms with Gasteiger partial charge < -0.3 is 15.0 Å². The Labute approximate surface area is 128 Å². The Balaban J connectivity index is 2.61. The van der Waals surface area contributed by atoms with Crippen LogP contribution in [0.4, 0.5) is 4.79 Å². The molecule has 1 rings (SSSR count). The van der Waals surface area contributed by atoms with Gasteiger partial charge in [0.2, 0.25) is 5.91 Å². The summed E-state index contributed by atoms with van der Waals surface area (Å²) in [5, 5.41) is 2.65. The second-order valence-electron chi connectivity index (χ2n) is 6.81. The SMILES string of the molecule is CCC1CCCCCN1C(=O)C(C)NC(=O)OC(C)(C)C. The number of amides is 2. The second-order valence-corrected chi connectivity index (χ2v) is 6.81. The molecule has 5 heteroatoms. The number of ether oxygens (including phenoxy) is 1. The lowest BCUT2D eigenvalue weighted by Gasteiger charge is -2.32. The van der Waals surface area contributed by atoms with Gasteiger partial charge in [0.25, 0.3) is 0 Å². The third kappa shape index (κ3) is 5.94. The van der Waals surface area contributed by atoms with Crippen molar-refractivity contribution in [3.8, 4) is 0 Å². The van der Waals surface area contributed by atoms with Crippen LogP contribution in [0.15, 0.2) is 0 Å². The van der Waals surface area contributed by atoms with Crippen molar-refractivity contribution in [3.63, 3.8) is 0 Å². The van der Waals surface area contributed by atoms with E-state index in [1.54, 1.807) is 27.7 Å². The normalized spacial score (nSPS) is 21.4. The third-order valence-electron chi connectivity index (χ3n) is 3.74. The minimum Gasteiger partial charge on any atom is -0.444 e. The summed E-state index contributed by atoms with van der Waals surface area (Å²) in [6.45, 7) is 10.0. The minimum atomic E-state index is -0.554. The van der Waals surface area contributed by atoms with Crippen LogP contribution in [0.25, 0.3) is 0 Å². The number of nitrogens with one attached hydrogen (secondary N) is 1. The van der Waals surface area contributed by atoms with Crippen molar-refractivity contribution < 1.29 is 14.3 Å². The molecule has 1 saturated heterocycles. The standard InChI is InChI=1S/C16H30N2O3/c1-6-13-10-8-7-9-11-18(13)14(19)12(2)17-15(20)21-16(3,4)5/h12-13H,6-11H2,1-5H3,(H,17,20). The maximum absolute atomic E-state index is 12.6. The van der Waals surface area contributed by atoms with Gasteiger partial charge in [-0.1, -0.05) is 19.8 Å². The number of carbonyl (C=O) groups is 2. The molecule has 1 fully saturated rings. The van der Waals surface area contributed by atoms with E-state index in [0.717, 1.165) is 25.8 Å². The van der Waals surface area contributed by atoms with Crippen molar-refractivity contribution in [2.75, 3.05) is 6.54 Å². The van der Waals surface area contributed by atoms with Crippen molar-refractivity contribution in [1.29, 1.82) is 0 Å². The van der Waals surface area contributed by atoms with Crippen molar-refractivity contribution in [2.24, 2.45) is 0 Å². The first kappa shape index (κ1) is 17.8. The predicted molar refractivity (Wildman–Crippen MR) is 83.1 cm³/mol. The molecule has 0 aromatic carbocycles. The first-order valence-electron chi connectivity index (χ1n) is 8.04. The molecule has 1 aliphatic rings. The summed E-state index contributed by atoms with van der Waals surface area (Å²) in [5.74, 6) is -0.00499. The van der Waals surface area contributed by atoms with E-state index in [-0.39, 0.29) is 5.91 Å². The van der Waals surface area contributed by atoms with Gasteiger partial charge in [-0.2, -0.15) is 0 Å². The lowest BCUT2D eigenvalue weighted by Crippen LogP contribution is -2.51. The molecule has 0 bridgehead atoms. The van der Waals surface area contributed by atoms with Crippen LogP contribution < -0.4 is 5.32 Å². The summed E-state index contributed by atoms with van der Waals surface area (Å²) in [6, 6.07) is -0.255. The van der Waals surface area contributed by atoms with Gasteiger partial charge in [-0.25, -0.2) is 4.79 Å². The minimum absolute atomic E-state index is 0.00499. The Morgan fingerprint density at radius 3 is 2.52 bits per heavy atom. The number of likely N-dealkylation sites (tertiary alicyclic amines) is 1. The third-order valence-corrected chi connectivity index (χ3v) is 3.74. The number of hydrogen-bond donors (Lipinski definition) is 1. The zero-order valence-corrected chi connectivity index (χ0v) is 14.1. The highest BCUT2D eigenvalue weighted by atomic mass is 16.6. The van der Waals surface area contributed by atoms with Gasteiger partial charge in [0.05, 0.1) is 0 Å². The summed E-state index contributed by atoms with van der Waals surface area (Å²) < 4.78 is 5.20. The molecule has 0 radical (unpaired) electrons. The summed E-state index contributed by atoms with van der Waals surface area (Å²) in [7, 11) is 0. The Morgan fingerprint density at radius 1 is 1.29 bits per heavy atom. The molecule has 1 heterocycles. The molecule has 0 aliphatic carbocycles. The maximum atomic E-state index is 12.6. The number of hydrogen-bond acceptors (Lipinski definition) is 3. The van der Waals surface area contributed by atoms with E-state index >= 15 is 0 Å². The molecular weight excluding hydrogens is 268 g/mol. The van der Waals surface area contributed by atoms with Crippen LogP contribution in [-0.2, 0) is 9.53 Å². The molecule has 0 aromatic rings. The molecule has 0 spiro atoms. The fraction of sp³-hybridized carbons (Fsp3) is 0.875. The first-order valence-corrected chi connectivity index (χ1v) is 8.04. The van der Waals surface area contributed by atoms with Gasteiger partial charge in [-0.05, 0) is 47.0 Å². The Morgan fingerprint density at radius 2 is 1.95 bits per heavy atom. The van der Waals surface area contributed by atoms with Crippen molar-refractivity contribution in [2.45, 2.75) is 84.4 Å². The molecule has 2 amide bonds. The molecular formula is C16H30N2O3. The summed E-state index contributed by atoms with van der Waals surface area (Å²) in [6.07, 6.45) is 4.88. The predicted octanol–water partition coefficient (Wildman–Crippen LogP) is 3.08. The van der Waals surface area contributed by atoms with Gasteiger partial charge in [-0.3, -0.25) is 4.79 Å². The molecule has 1 aliphatic heterocycles. The Bertz CT molecular complexity index is 363. The average Bonchev–Trinajstić information content (AvgIpc) is 2.60. The van der Waals surface area contributed by atoms with Gasteiger partial charge in [0.1, 0.15) is 11.6 Å². The molecule has 2 unspecified atom stereocenters. The van der Waals surface area contributed by atoms with Gasteiger partial charge in [0, 0.05) is 12.6 Å². The lowest BCUT2D eigenvalue weighted by atomic mass is 10.1. The lowest BCUT2D eigenvalue weighted by molar-refractivity contribution is -0.135. The number of nitrogens with zero attached hydrogens (tertiary/aromatic N) is 1. The quantitative estimate of drug-likeness (QED) is 0.871. The van der Waals surface area contributed by atoms with Gasteiger partial charge in [0.15, 0.2) is 0 Å². The highest BCUT2D eigenvalue weighted by molar-refractivity contribution is 5.85. The monoisotopic (exact) mass is 298 g/mol. The smallest absolute Gasteiger partial charge is 0.408 e.